The third-order valence-corrected chi connectivity index (χ3v) is 4.20. The number of carbonyl (C=O) groups is 1. The van der Waals surface area contributed by atoms with Gasteiger partial charge in [-0.2, -0.15) is 0 Å². The number of nitrogens with zero attached hydrogens (tertiary/aromatic N) is 1. The average Bonchev–Trinajstić information content (AvgIpc) is 2.81. The molecule has 0 aromatic heterocycles. The topological polar surface area (TPSA) is 32.3 Å². The fraction of sp³-hybridized carbons (Fsp3) is 0.923. The van der Waals surface area contributed by atoms with Crippen LogP contribution < -0.4 is 5.32 Å². The third kappa shape index (κ3) is 2.57. The number of amides is 1. The molecule has 1 atom stereocenters. The minimum absolute atomic E-state index is 0.260. The van der Waals surface area contributed by atoms with Gasteiger partial charge in [0, 0.05) is 19.6 Å². The summed E-state index contributed by atoms with van der Waals surface area (Å²) in [5, 5.41) is 3.27. The summed E-state index contributed by atoms with van der Waals surface area (Å²) in [6.07, 6.45) is 3.43. The van der Waals surface area contributed by atoms with Crippen LogP contribution in [0.5, 0.6) is 0 Å². The van der Waals surface area contributed by atoms with E-state index < -0.39 is 0 Å². The highest BCUT2D eigenvalue weighted by Gasteiger charge is 2.30. The van der Waals surface area contributed by atoms with Crippen molar-refractivity contribution in [2.24, 2.45) is 17.8 Å². The highest BCUT2D eigenvalue weighted by atomic mass is 16.2. The molecule has 0 aromatic rings. The van der Waals surface area contributed by atoms with E-state index in [-0.39, 0.29) is 5.92 Å². The highest BCUT2D eigenvalue weighted by molar-refractivity contribution is 5.79. The van der Waals surface area contributed by atoms with Crippen LogP contribution in [0.1, 0.15) is 33.1 Å². The SMILES string of the molecule is CC(C)C1CCN(C(=O)[C@H]2CCNC2)CC1. The quantitative estimate of drug-likeness (QED) is 0.771. The molecule has 2 aliphatic rings. The molecule has 2 heterocycles. The summed E-state index contributed by atoms with van der Waals surface area (Å²) in [7, 11) is 0. The molecule has 0 spiro atoms. The van der Waals surface area contributed by atoms with Crippen LogP contribution in [0.15, 0.2) is 0 Å². The molecule has 2 aliphatic heterocycles. The standard InChI is InChI=1S/C13H24N2O/c1-10(2)11-4-7-15(8-5-11)13(16)12-3-6-14-9-12/h10-12,14H,3-9H2,1-2H3/t12-/m0/s1. The Labute approximate surface area is 98.6 Å². The lowest BCUT2D eigenvalue weighted by Crippen LogP contribution is -2.43. The fourth-order valence-electron chi connectivity index (χ4n) is 2.91. The Morgan fingerprint density at radius 2 is 1.94 bits per heavy atom. The van der Waals surface area contributed by atoms with Crippen molar-refractivity contribution in [3.8, 4) is 0 Å². The molecule has 0 radical (unpaired) electrons. The number of rotatable bonds is 2. The van der Waals surface area contributed by atoms with E-state index in [1.165, 1.54) is 12.8 Å². The van der Waals surface area contributed by atoms with Crippen molar-refractivity contribution in [1.29, 1.82) is 0 Å². The van der Waals surface area contributed by atoms with Crippen molar-refractivity contribution in [2.75, 3.05) is 26.2 Å². The largest absolute Gasteiger partial charge is 0.342 e. The van der Waals surface area contributed by atoms with Gasteiger partial charge in [0.15, 0.2) is 0 Å². The van der Waals surface area contributed by atoms with Crippen LogP contribution in [0.4, 0.5) is 0 Å². The lowest BCUT2D eigenvalue weighted by Gasteiger charge is -2.35. The first-order chi connectivity index (χ1) is 7.68. The zero-order valence-electron chi connectivity index (χ0n) is 10.5. The van der Waals surface area contributed by atoms with Gasteiger partial charge < -0.3 is 10.2 Å². The predicted octanol–water partition coefficient (Wildman–Crippen LogP) is 1.49. The van der Waals surface area contributed by atoms with Crippen molar-refractivity contribution in [3.05, 3.63) is 0 Å². The normalized spacial score (nSPS) is 27.7. The number of piperidine rings is 1. The Bertz CT molecular complexity index is 238. The molecule has 1 N–H and O–H groups in total. The van der Waals surface area contributed by atoms with Gasteiger partial charge in [0.25, 0.3) is 0 Å². The molecule has 0 aliphatic carbocycles. The molecule has 2 rings (SSSR count). The maximum Gasteiger partial charge on any atom is 0.227 e. The molecule has 92 valence electrons. The van der Waals surface area contributed by atoms with Crippen molar-refractivity contribution in [2.45, 2.75) is 33.1 Å². The van der Waals surface area contributed by atoms with E-state index in [1.54, 1.807) is 0 Å². The molecule has 3 nitrogen and oxygen atoms in total. The number of carbonyl (C=O) groups excluding carboxylic acids is 1. The van der Waals surface area contributed by atoms with Gasteiger partial charge in [-0.3, -0.25) is 4.79 Å². The van der Waals surface area contributed by atoms with Gasteiger partial charge in [0.2, 0.25) is 5.91 Å². The lowest BCUT2D eigenvalue weighted by atomic mass is 9.86. The monoisotopic (exact) mass is 224 g/mol. The highest BCUT2D eigenvalue weighted by Crippen LogP contribution is 2.25. The van der Waals surface area contributed by atoms with Gasteiger partial charge in [-0.25, -0.2) is 0 Å². The molecule has 2 fully saturated rings. The maximum absolute atomic E-state index is 12.2. The van der Waals surface area contributed by atoms with Crippen molar-refractivity contribution >= 4 is 5.91 Å². The molecule has 1 amide bonds. The van der Waals surface area contributed by atoms with Crippen LogP contribution in [-0.4, -0.2) is 37.0 Å². The second-order valence-corrected chi connectivity index (χ2v) is 5.60. The van der Waals surface area contributed by atoms with Gasteiger partial charge >= 0.3 is 0 Å². The van der Waals surface area contributed by atoms with Gasteiger partial charge in [0.1, 0.15) is 0 Å². The molecular weight excluding hydrogens is 200 g/mol. The summed E-state index contributed by atoms with van der Waals surface area (Å²) in [5.41, 5.74) is 0. The summed E-state index contributed by atoms with van der Waals surface area (Å²) >= 11 is 0. The molecule has 0 aromatic carbocycles. The molecule has 0 saturated carbocycles. The Hall–Kier alpha value is -0.570. The smallest absolute Gasteiger partial charge is 0.227 e. The summed E-state index contributed by atoms with van der Waals surface area (Å²) < 4.78 is 0. The van der Waals surface area contributed by atoms with E-state index in [4.69, 9.17) is 0 Å². The van der Waals surface area contributed by atoms with Gasteiger partial charge in [-0.15, -0.1) is 0 Å². The first kappa shape index (κ1) is 11.9. The van der Waals surface area contributed by atoms with Gasteiger partial charge in [-0.05, 0) is 37.6 Å². The van der Waals surface area contributed by atoms with Gasteiger partial charge in [-0.1, -0.05) is 13.8 Å². The van der Waals surface area contributed by atoms with Crippen molar-refractivity contribution < 1.29 is 4.79 Å². The zero-order chi connectivity index (χ0) is 11.5. The van der Waals surface area contributed by atoms with E-state index in [0.717, 1.165) is 44.4 Å². The molecule has 3 heteroatoms. The van der Waals surface area contributed by atoms with E-state index in [0.29, 0.717) is 5.91 Å². The summed E-state index contributed by atoms with van der Waals surface area (Å²) in [4.78, 5) is 14.3. The molecule has 0 bridgehead atoms. The van der Waals surface area contributed by atoms with Gasteiger partial charge in [0.05, 0.1) is 5.92 Å². The number of likely N-dealkylation sites (tertiary alicyclic amines) is 1. The Kier molecular flexibility index (Phi) is 3.85. The first-order valence-corrected chi connectivity index (χ1v) is 6.68. The first-order valence-electron chi connectivity index (χ1n) is 6.68. The van der Waals surface area contributed by atoms with E-state index in [2.05, 4.69) is 24.1 Å². The van der Waals surface area contributed by atoms with Crippen LogP contribution in [0.3, 0.4) is 0 Å². The Morgan fingerprint density at radius 3 is 2.44 bits per heavy atom. The van der Waals surface area contributed by atoms with Crippen LogP contribution in [0.2, 0.25) is 0 Å². The second kappa shape index (κ2) is 5.17. The Morgan fingerprint density at radius 1 is 1.25 bits per heavy atom. The molecule has 2 saturated heterocycles. The van der Waals surface area contributed by atoms with E-state index in [1.807, 2.05) is 0 Å². The third-order valence-electron chi connectivity index (χ3n) is 4.20. The zero-order valence-corrected chi connectivity index (χ0v) is 10.5. The van der Waals surface area contributed by atoms with Crippen LogP contribution in [0.25, 0.3) is 0 Å². The molecule has 0 unspecified atom stereocenters. The lowest BCUT2D eigenvalue weighted by molar-refractivity contribution is -0.136. The van der Waals surface area contributed by atoms with Crippen LogP contribution >= 0.6 is 0 Å². The summed E-state index contributed by atoms with van der Waals surface area (Å²) in [5.74, 6) is 2.25. The average molecular weight is 224 g/mol. The summed E-state index contributed by atoms with van der Waals surface area (Å²) in [6.45, 7) is 8.46. The fourth-order valence-corrected chi connectivity index (χ4v) is 2.91. The minimum atomic E-state index is 0.260. The van der Waals surface area contributed by atoms with Crippen molar-refractivity contribution in [1.82, 2.24) is 10.2 Å². The predicted molar refractivity (Wildman–Crippen MR) is 65.1 cm³/mol. The number of hydrogen-bond acceptors (Lipinski definition) is 2. The van der Waals surface area contributed by atoms with E-state index >= 15 is 0 Å². The maximum atomic E-state index is 12.2. The van der Waals surface area contributed by atoms with Crippen LogP contribution in [-0.2, 0) is 4.79 Å². The minimum Gasteiger partial charge on any atom is -0.342 e. The van der Waals surface area contributed by atoms with E-state index in [9.17, 15) is 4.79 Å². The van der Waals surface area contributed by atoms with Crippen molar-refractivity contribution in [3.63, 3.8) is 0 Å². The van der Waals surface area contributed by atoms with Crippen LogP contribution in [0, 0.1) is 17.8 Å². The molecule has 16 heavy (non-hydrogen) atoms. The number of hydrogen-bond donors (Lipinski definition) is 1. The Balaban J connectivity index is 1.81. The second-order valence-electron chi connectivity index (χ2n) is 5.60. The number of nitrogens with one attached hydrogen (secondary N) is 1. The summed E-state index contributed by atoms with van der Waals surface area (Å²) in [6, 6.07) is 0. The molecular formula is C13H24N2O.